The number of benzene rings is 2. The number of anilines is 2. The summed E-state index contributed by atoms with van der Waals surface area (Å²) in [6.45, 7) is 3.84. The van der Waals surface area contributed by atoms with Gasteiger partial charge in [0.2, 0.25) is 5.91 Å². The monoisotopic (exact) mass is 320 g/mol. The maximum Gasteiger partial charge on any atom is 0.234 e. The number of nitrogen functional groups attached to an aromatic ring is 1. The van der Waals surface area contributed by atoms with Crippen LogP contribution in [0.1, 0.15) is 11.1 Å². The molecule has 2 aromatic carbocycles. The summed E-state index contributed by atoms with van der Waals surface area (Å²) in [5.74, 6) is 0.287. The fourth-order valence-corrected chi connectivity index (χ4v) is 2.78. The molecule has 2 aromatic rings. The number of hydrogen-bond donors (Lipinski definition) is 2. The van der Waals surface area contributed by atoms with Crippen molar-refractivity contribution in [2.24, 2.45) is 0 Å². The summed E-state index contributed by atoms with van der Waals surface area (Å²) < 4.78 is 0. The molecule has 0 spiro atoms. The maximum absolute atomic E-state index is 12.0. The van der Waals surface area contributed by atoms with Crippen molar-refractivity contribution in [3.05, 3.63) is 52.5 Å². The topological polar surface area (TPSA) is 55.1 Å². The fraction of sp³-hybridized carbons (Fsp3) is 0.188. The first kappa shape index (κ1) is 15.7. The van der Waals surface area contributed by atoms with Crippen molar-refractivity contribution in [2.45, 2.75) is 18.7 Å². The molecular formula is C16H17ClN2OS. The second kappa shape index (κ2) is 6.87. The normalized spacial score (nSPS) is 10.4. The number of nitrogens with two attached hydrogens (primary N) is 1. The lowest BCUT2D eigenvalue weighted by Crippen LogP contribution is -2.14. The summed E-state index contributed by atoms with van der Waals surface area (Å²) in [6, 6.07) is 11.2. The molecule has 0 aromatic heterocycles. The molecule has 0 aliphatic carbocycles. The Bertz CT molecular complexity index is 673. The highest BCUT2D eigenvalue weighted by molar-refractivity contribution is 8.00. The quantitative estimate of drug-likeness (QED) is 0.653. The van der Waals surface area contributed by atoms with Crippen LogP contribution in [0.4, 0.5) is 11.4 Å². The van der Waals surface area contributed by atoms with Crippen molar-refractivity contribution in [1.29, 1.82) is 0 Å². The van der Waals surface area contributed by atoms with Crippen LogP contribution in [-0.2, 0) is 4.79 Å². The van der Waals surface area contributed by atoms with Crippen LogP contribution in [0.5, 0.6) is 0 Å². The van der Waals surface area contributed by atoms with E-state index < -0.39 is 0 Å². The van der Waals surface area contributed by atoms with E-state index in [1.54, 1.807) is 6.07 Å². The van der Waals surface area contributed by atoms with Gasteiger partial charge in [-0.2, -0.15) is 0 Å². The zero-order valence-corrected chi connectivity index (χ0v) is 13.5. The average molecular weight is 321 g/mol. The van der Waals surface area contributed by atoms with Crippen molar-refractivity contribution in [2.75, 3.05) is 16.8 Å². The van der Waals surface area contributed by atoms with Crippen molar-refractivity contribution in [3.63, 3.8) is 0 Å². The third kappa shape index (κ3) is 4.16. The molecular weight excluding hydrogens is 304 g/mol. The smallest absolute Gasteiger partial charge is 0.234 e. The molecule has 0 fully saturated rings. The van der Waals surface area contributed by atoms with Gasteiger partial charge in [0, 0.05) is 21.3 Å². The predicted octanol–water partition coefficient (Wildman–Crippen LogP) is 4.27. The molecule has 2 rings (SSSR count). The van der Waals surface area contributed by atoms with Crippen molar-refractivity contribution >= 4 is 40.6 Å². The Balaban J connectivity index is 1.96. The van der Waals surface area contributed by atoms with Crippen LogP contribution >= 0.6 is 23.4 Å². The number of halogens is 1. The minimum atomic E-state index is -0.0557. The molecule has 0 heterocycles. The Labute approximate surface area is 133 Å². The van der Waals surface area contributed by atoms with E-state index in [-0.39, 0.29) is 5.91 Å². The highest BCUT2D eigenvalue weighted by Gasteiger charge is 2.07. The van der Waals surface area contributed by atoms with E-state index in [2.05, 4.69) is 5.32 Å². The van der Waals surface area contributed by atoms with E-state index in [4.69, 9.17) is 17.3 Å². The van der Waals surface area contributed by atoms with Gasteiger partial charge in [-0.3, -0.25) is 4.79 Å². The van der Waals surface area contributed by atoms with Crippen LogP contribution < -0.4 is 11.1 Å². The van der Waals surface area contributed by atoms with Gasteiger partial charge in [-0.25, -0.2) is 0 Å². The number of nitrogens with one attached hydrogen (secondary N) is 1. The number of aryl methyl sites for hydroxylation is 1. The standard InChI is InChI=1S/C16H17ClN2OS/c1-10-8-12(6-7-14(10)18)21-9-16(20)19-15-5-3-4-13(17)11(15)2/h3-8H,9,18H2,1-2H3,(H,19,20). The molecule has 110 valence electrons. The lowest BCUT2D eigenvalue weighted by atomic mass is 10.2. The van der Waals surface area contributed by atoms with E-state index in [0.717, 1.165) is 27.4 Å². The molecule has 1 amide bonds. The predicted molar refractivity (Wildman–Crippen MR) is 91.1 cm³/mol. The van der Waals surface area contributed by atoms with E-state index >= 15 is 0 Å². The molecule has 0 saturated heterocycles. The third-order valence-electron chi connectivity index (χ3n) is 3.15. The van der Waals surface area contributed by atoms with Gasteiger partial charge in [-0.15, -0.1) is 11.8 Å². The highest BCUT2D eigenvalue weighted by atomic mass is 35.5. The third-order valence-corrected chi connectivity index (χ3v) is 4.56. The molecule has 0 atom stereocenters. The van der Waals surface area contributed by atoms with E-state index in [9.17, 15) is 4.79 Å². The minimum absolute atomic E-state index is 0.0557. The van der Waals surface area contributed by atoms with Gasteiger partial charge in [0.1, 0.15) is 0 Å². The van der Waals surface area contributed by atoms with Gasteiger partial charge in [-0.1, -0.05) is 17.7 Å². The lowest BCUT2D eigenvalue weighted by molar-refractivity contribution is -0.113. The number of thioether (sulfide) groups is 1. The Morgan fingerprint density at radius 1 is 1.29 bits per heavy atom. The van der Waals surface area contributed by atoms with Crippen LogP contribution in [0, 0.1) is 13.8 Å². The number of carbonyl (C=O) groups excluding carboxylic acids is 1. The van der Waals surface area contributed by atoms with Crippen LogP contribution in [0.2, 0.25) is 5.02 Å². The van der Waals surface area contributed by atoms with Crippen molar-refractivity contribution < 1.29 is 4.79 Å². The van der Waals surface area contributed by atoms with Crippen molar-refractivity contribution in [3.8, 4) is 0 Å². The number of rotatable bonds is 4. The molecule has 0 bridgehead atoms. The zero-order valence-electron chi connectivity index (χ0n) is 11.9. The Morgan fingerprint density at radius 3 is 2.76 bits per heavy atom. The Morgan fingerprint density at radius 2 is 2.05 bits per heavy atom. The van der Waals surface area contributed by atoms with Crippen LogP contribution in [0.25, 0.3) is 0 Å². The second-order valence-electron chi connectivity index (χ2n) is 4.77. The summed E-state index contributed by atoms with van der Waals surface area (Å²) >= 11 is 7.51. The first-order valence-corrected chi connectivity index (χ1v) is 7.87. The number of carbonyl (C=O) groups is 1. The lowest BCUT2D eigenvalue weighted by Gasteiger charge is -2.09. The van der Waals surface area contributed by atoms with Crippen molar-refractivity contribution in [1.82, 2.24) is 0 Å². The zero-order chi connectivity index (χ0) is 15.4. The summed E-state index contributed by atoms with van der Waals surface area (Å²) in [5.41, 5.74) is 9.19. The molecule has 0 aliphatic heterocycles. The van der Waals surface area contributed by atoms with Crippen LogP contribution in [0.3, 0.4) is 0 Å². The Hall–Kier alpha value is -1.65. The van der Waals surface area contributed by atoms with E-state index in [1.165, 1.54) is 11.8 Å². The summed E-state index contributed by atoms with van der Waals surface area (Å²) in [7, 11) is 0. The van der Waals surface area contributed by atoms with Gasteiger partial charge < -0.3 is 11.1 Å². The molecule has 21 heavy (non-hydrogen) atoms. The van der Waals surface area contributed by atoms with E-state index in [1.807, 2.05) is 44.2 Å². The Kier molecular flexibility index (Phi) is 5.15. The number of amides is 1. The molecule has 5 heteroatoms. The van der Waals surface area contributed by atoms with Gasteiger partial charge in [-0.05, 0) is 55.3 Å². The average Bonchev–Trinajstić information content (AvgIpc) is 2.45. The molecule has 0 aliphatic rings. The van der Waals surface area contributed by atoms with Gasteiger partial charge in [0.15, 0.2) is 0 Å². The molecule has 0 radical (unpaired) electrons. The fourth-order valence-electron chi connectivity index (χ4n) is 1.82. The first-order valence-electron chi connectivity index (χ1n) is 6.51. The minimum Gasteiger partial charge on any atom is -0.399 e. The van der Waals surface area contributed by atoms with Crippen LogP contribution in [0.15, 0.2) is 41.3 Å². The molecule has 0 saturated carbocycles. The van der Waals surface area contributed by atoms with Crippen LogP contribution in [-0.4, -0.2) is 11.7 Å². The molecule has 0 unspecified atom stereocenters. The second-order valence-corrected chi connectivity index (χ2v) is 6.22. The summed E-state index contributed by atoms with van der Waals surface area (Å²) in [4.78, 5) is 13.0. The summed E-state index contributed by atoms with van der Waals surface area (Å²) in [6.07, 6.45) is 0. The first-order chi connectivity index (χ1) is 9.97. The molecule has 3 N–H and O–H groups in total. The van der Waals surface area contributed by atoms with Gasteiger partial charge in [0.25, 0.3) is 0 Å². The molecule has 3 nitrogen and oxygen atoms in total. The largest absolute Gasteiger partial charge is 0.399 e. The summed E-state index contributed by atoms with van der Waals surface area (Å²) in [5, 5.41) is 3.53. The van der Waals surface area contributed by atoms with Gasteiger partial charge in [0.05, 0.1) is 5.75 Å². The number of hydrogen-bond acceptors (Lipinski definition) is 3. The maximum atomic E-state index is 12.0. The SMILES string of the molecule is Cc1cc(SCC(=O)Nc2cccc(Cl)c2C)ccc1N. The highest BCUT2D eigenvalue weighted by Crippen LogP contribution is 2.25. The van der Waals surface area contributed by atoms with E-state index in [0.29, 0.717) is 10.8 Å². The van der Waals surface area contributed by atoms with Gasteiger partial charge >= 0.3 is 0 Å².